The summed E-state index contributed by atoms with van der Waals surface area (Å²) < 4.78 is 5.23. The van der Waals surface area contributed by atoms with Crippen LogP contribution in [0.1, 0.15) is 42.2 Å². The smallest absolute Gasteiger partial charge is 0.338 e. The molecule has 0 aliphatic carbocycles. The van der Waals surface area contributed by atoms with E-state index in [0.29, 0.717) is 12.2 Å². The van der Waals surface area contributed by atoms with Gasteiger partial charge in [-0.25, -0.2) is 9.69 Å². The number of hydrogen-bond donors (Lipinski definition) is 0. The Hall–Kier alpha value is -4.26. The molecule has 3 aromatic rings. The Balaban J connectivity index is 1.31. The molecule has 0 aromatic heterocycles. The molecule has 7 heteroatoms. The van der Waals surface area contributed by atoms with Crippen LogP contribution in [0.5, 0.6) is 0 Å². The molecule has 5 rings (SSSR count). The van der Waals surface area contributed by atoms with Crippen molar-refractivity contribution in [1.29, 1.82) is 0 Å². The zero-order valence-corrected chi connectivity index (χ0v) is 17.9. The van der Waals surface area contributed by atoms with E-state index in [1.54, 1.807) is 17.0 Å². The van der Waals surface area contributed by atoms with Crippen molar-refractivity contribution in [3.05, 3.63) is 94.5 Å². The number of anilines is 2. The maximum Gasteiger partial charge on any atom is 0.338 e. The van der Waals surface area contributed by atoms with Gasteiger partial charge in [0.2, 0.25) is 0 Å². The number of rotatable bonds is 4. The summed E-state index contributed by atoms with van der Waals surface area (Å²) in [4.78, 5) is 53.7. The molecule has 0 unspecified atom stereocenters. The number of amides is 3. The molecule has 0 bridgehead atoms. The lowest BCUT2D eigenvalue weighted by Crippen LogP contribution is -2.33. The first-order valence-corrected chi connectivity index (χ1v) is 10.6. The second-order valence-corrected chi connectivity index (χ2v) is 7.99. The maximum atomic E-state index is 13.0. The van der Waals surface area contributed by atoms with Crippen molar-refractivity contribution < 1.29 is 23.9 Å². The lowest BCUT2D eigenvalue weighted by Gasteiger charge is -2.17. The summed E-state index contributed by atoms with van der Waals surface area (Å²) in [5.41, 5.74) is 3.67. The van der Waals surface area contributed by atoms with Crippen molar-refractivity contribution in [2.75, 3.05) is 23.0 Å². The molecule has 164 valence electrons. The Kier molecular flexibility index (Phi) is 5.01. The van der Waals surface area contributed by atoms with E-state index < -0.39 is 24.4 Å². The summed E-state index contributed by atoms with van der Waals surface area (Å²) in [7, 11) is 0. The Bertz CT molecular complexity index is 1330. The number of para-hydroxylation sites is 2. The highest BCUT2D eigenvalue weighted by Crippen LogP contribution is 2.31. The molecular weight excluding hydrogens is 420 g/mol. The third kappa shape index (κ3) is 3.47. The van der Waals surface area contributed by atoms with E-state index in [0.717, 1.165) is 28.1 Å². The molecule has 33 heavy (non-hydrogen) atoms. The Morgan fingerprint density at radius 1 is 0.879 bits per heavy atom. The van der Waals surface area contributed by atoms with E-state index in [4.69, 9.17) is 4.74 Å². The van der Waals surface area contributed by atoms with Gasteiger partial charge in [0.15, 0.2) is 6.61 Å². The van der Waals surface area contributed by atoms with E-state index in [2.05, 4.69) is 0 Å². The summed E-state index contributed by atoms with van der Waals surface area (Å²) in [6, 6.07) is 19.0. The highest BCUT2D eigenvalue weighted by molar-refractivity contribution is 6.35. The lowest BCUT2D eigenvalue weighted by atomic mass is 10.1. The van der Waals surface area contributed by atoms with Gasteiger partial charge in [-0.2, -0.15) is 0 Å². The van der Waals surface area contributed by atoms with Crippen LogP contribution in [0.25, 0.3) is 0 Å². The van der Waals surface area contributed by atoms with E-state index >= 15 is 0 Å². The Labute approximate surface area is 190 Å². The third-order valence-electron chi connectivity index (χ3n) is 5.99. The van der Waals surface area contributed by atoms with Gasteiger partial charge in [-0.1, -0.05) is 36.4 Å². The van der Waals surface area contributed by atoms with Crippen LogP contribution in [0.15, 0.2) is 66.7 Å². The number of benzene rings is 3. The molecule has 2 heterocycles. The number of esters is 1. The summed E-state index contributed by atoms with van der Waals surface area (Å²) in [6.07, 6.45) is 0.758. The topological polar surface area (TPSA) is 84.0 Å². The van der Waals surface area contributed by atoms with Crippen molar-refractivity contribution >= 4 is 35.1 Å². The number of carbonyl (C=O) groups excluding carboxylic acids is 4. The average molecular weight is 440 g/mol. The molecule has 0 spiro atoms. The van der Waals surface area contributed by atoms with Gasteiger partial charge in [-0.05, 0) is 54.8 Å². The number of aryl methyl sites for hydroxylation is 1. The summed E-state index contributed by atoms with van der Waals surface area (Å²) in [5, 5.41) is 0. The van der Waals surface area contributed by atoms with Crippen LogP contribution >= 0.6 is 0 Å². The van der Waals surface area contributed by atoms with Gasteiger partial charge in [0.1, 0.15) is 0 Å². The second-order valence-electron chi connectivity index (χ2n) is 7.99. The van der Waals surface area contributed by atoms with Crippen LogP contribution in [-0.4, -0.2) is 36.8 Å². The van der Waals surface area contributed by atoms with E-state index in [1.807, 2.05) is 43.3 Å². The number of hydrogen-bond acceptors (Lipinski definition) is 5. The minimum Gasteiger partial charge on any atom is -0.452 e. The average Bonchev–Trinajstić information content (AvgIpc) is 3.37. The van der Waals surface area contributed by atoms with Crippen molar-refractivity contribution in [1.82, 2.24) is 0 Å². The molecule has 2 aliphatic rings. The van der Waals surface area contributed by atoms with Gasteiger partial charge in [0.05, 0.1) is 22.4 Å². The maximum absolute atomic E-state index is 13.0. The normalized spacial score (nSPS) is 14.3. The standard InChI is InChI=1S/C26H20N2O5/c1-16-6-2-4-8-21(16)28-24(30)19-11-10-18(14-20(19)25(28)31)26(32)33-15-23(29)27-13-12-17-7-3-5-9-22(17)27/h2-11,14H,12-13,15H2,1H3. The molecule has 0 radical (unpaired) electrons. The molecule has 3 amide bonds. The number of fused-ring (bicyclic) bond motifs is 2. The molecule has 0 saturated carbocycles. The predicted octanol–water partition coefficient (Wildman–Crippen LogP) is 3.54. The first-order chi connectivity index (χ1) is 16.0. The monoisotopic (exact) mass is 440 g/mol. The van der Waals surface area contributed by atoms with Crippen LogP contribution in [0.3, 0.4) is 0 Å². The van der Waals surface area contributed by atoms with Crippen molar-refractivity contribution in [3.63, 3.8) is 0 Å². The van der Waals surface area contributed by atoms with Crippen molar-refractivity contribution in [2.24, 2.45) is 0 Å². The van der Waals surface area contributed by atoms with Crippen LogP contribution in [-0.2, 0) is 16.0 Å². The molecule has 3 aromatic carbocycles. The Morgan fingerprint density at radius 2 is 1.58 bits per heavy atom. The molecule has 0 saturated heterocycles. The number of nitrogens with zero attached hydrogens (tertiary/aromatic N) is 2. The van der Waals surface area contributed by atoms with Gasteiger partial charge in [-0.3, -0.25) is 14.4 Å². The number of carbonyl (C=O) groups is 4. The lowest BCUT2D eigenvalue weighted by molar-refractivity contribution is -0.121. The van der Waals surface area contributed by atoms with E-state index in [9.17, 15) is 19.2 Å². The molecule has 0 fully saturated rings. The summed E-state index contributed by atoms with van der Waals surface area (Å²) in [6.45, 7) is 1.95. The number of imide groups is 1. The van der Waals surface area contributed by atoms with Crippen molar-refractivity contribution in [2.45, 2.75) is 13.3 Å². The fourth-order valence-corrected chi connectivity index (χ4v) is 4.29. The second kappa shape index (κ2) is 8.02. The van der Waals surface area contributed by atoms with Gasteiger partial charge in [0.25, 0.3) is 17.7 Å². The first kappa shape index (κ1) is 20.6. The first-order valence-electron chi connectivity index (χ1n) is 10.6. The van der Waals surface area contributed by atoms with Gasteiger partial charge in [-0.15, -0.1) is 0 Å². The molecule has 0 N–H and O–H groups in total. The summed E-state index contributed by atoms with van der Waals surface area (Å²) >= 11 is 0. The van der Waals surface area contributed by atoms with E-state index in [1.165, 1.54) is 18.2 Å². The molecule has 2 aliphatic heterocycles. The fourth-order valence-electron chi connectivity index (χ4n) is 4.29. The van der Waals surface area contributed by atoms with Gasteiger partial charge < -0.3 is 9.64 Å². The predicted molar refractivity (Wildman–Crippen MR) is 122 cm³/mol. The zero-order valence-electron chi connectivity index (χ0n) is 17.9. The van der Waals surface area contributed by atoms with E-state index in [-0.39, 0.29) is 22.6 Å². The molecule has 7 nitrogen and oxygen atoms in total. The molecule has 0 atom stereocenters. The number of ether oxygens (including phenoxy) is 1. The van der Waals surface area contributed by atoms with Crippen LogP contribution in [0.4, 0.5) is 11.4 Å². The van der Waals surface area contributed by atoms with Gasteiger partial charge >= 0.3 is 5.97 Å². The SMILES string of the molecule is Cc1ccccc1N1C(=O)c2ccc(C(=O)OCC(=O)N3CCc4ccccc43)cc2C1=O. The fraction of sp³-hybridized carbons (Fsp3) is 0.154. The van der Waals surface area contributed by atoms with Gasteiger partial charge in [0, 0.05) is 12.2 Å². The minimum absolute atomic E-state index is 0.108. The third-order valence-corrected chi connectivity index (χ3v) is 5.99. The minimum atomic E-state index is -0.728. The zero-order chi connectivity index (χ0) is 23.1. The van der Waals surface area contributed by atoms with Crippen LogP contribution < -0.4 is 9.80 Å². The summed E-state index contributed by atoms with van der Waals surface area (Å²) in [5.74, 6) is -1.98. The largest absolute Gasteiger partial charge is 0.452 e. The van der Waals surface area contributed by atoms with Crippen LogP contribution in [0.2, 0.25) is 0 Å². The molecular formula is C26H20N2O5. The van der Waals surface area contributed by atoms with Crippen molar-refractivity contribution in [3.8, 4) is 0 Å². The quantitative estimate of drug-likeness (QED) is 0.458. The highest BCUT2D eigenvalue weighted by Gasteiger charge is 2.38. The van der Waals surface area contributed by atoms with Crippen LogP contribution in [0, 0.1) is 6.92 Å². The Morgan fingerprint density at radius 3 is 2.36 bits per heavy atom. The highest BCUT2D eigenvalue weighted by atomic mass is 16.5.